The van der Waals surface area contributed by atoms with Crippen LogP contribution in [0.3, 0.4) is 0 Å². The van der Waals surface area contributed by atoms with Crippen molar-refractivity contribution >= 4 is 11.8 Å². The summed E-state index contributed by atoms with van der Waals surface area (Å²) in [4.78, 5) is 29.8. The predicted molar refractivity (Wildman–Crippen MR) is 118 cm³/mol. The molecule has 1 aromatic carbocycles. The highest BCUT2D eigenvalue weighted by Gasteiger charge is 2.43. The normalized spacial score (nSPS) is 20.9. The molecule has 1 N–H and O–H groups in total. The van der Waals surface area contributed by atoms with Gasteiger partial charge in [0, 0.05) is 43.3 Å². The first-order valence-electron chi connectivity index (χ1n) is 10.8. The summed E-state index contributed by atoms with van der Waals surface area (Å²) in [6.45, 7) is 9.68. The molecule has 0 aliphatic carbocycles. The SMILES string of the molecule is C=CCC1(CC=C)CCCN1C(=O)CC1C(=O)NCCN1Cc1ccc(OC)cc1F. The first-order valence-corrected chi connectivity index (χ1v) is 10.8. The first kappa shape index (κ1) is 23.0. The molecule has 2 amide bonds. The molecular formula is C24H32FN3O3. The van der Waals surface area contributed by atoms with Crippen LogP contribution in [0.5, 0.6) is 5.75 Å². The van der Waals surface area contributed by atoms with E-state index in [0.29, 0.717) is 43.8 Å². The second-order valence-corrected chi connectivity index (χ2v) is 8.30. The highest BCUT2D eigenvalue weighted by Crippen LogP contribution is 2.37. The van der Waals surface area contributed by atoms with Crippen LogP contribution in [0.1, 0.15) is 37.7 Å². The number of ether oxygens (including phenoxy) is 1. The summed E-state index contributed by atoms with van der Waals surface area (Å²) in [5, 5.41) is 2.85. The van der Waals surface area contributed by atoms with Crippen LogP contribution in [-0.2, 0) is 16.1 Å². The van der Waals surface area contributed by atoms with E-state index in [1.807, 2.05) is 22.0 Å². The number of amides is 2. The summed E-state index contributed by atoms with van der Waals surface area (Å²) in [7, 11) is 1.49. The second-order valence-electron chi connectivity index (χ2n) is 8.30. The van der Waals surface area contributed by atoms with Crippen LogP contribution < -0.4 is 10.1 Å². The van der Waals surface area contributed by atoms with E-state index in [0.717, 1.165) is 12.8 Å². The number of nitrogens with one attached hydrogen (secondary N) is 1. The Kier molecular flexibility index (Phi) is 7.49. The van der Waals surface area contributed by atoms with Gasteiger partial charge in [-0.3, -0.25) is 14.5 Å². The fourth-order valence-corrected chi connectivity index (χ4v) is 4.82. The Morgan fingerprint density at radius 1 is 1.32 bits per heavy atom. The van der Waals surface area contributed by atoms with Crippen molar-refractivity contribution in [2.24, 2.45) is 0 Å². The van der Waals surface area contributed by atoms with Gasteiger partial charge in [0.1, 0.15) is 11.6 Å². The zero-order chi connectivity index (χ0) is 22.4. The zero-order valence-corrected chi connectivity index (χ0v) is 18.2. The number of carbonyl (C=O) groups excluding carboxylic acids is 2. The fourth-order valence-electron chi connectivity index (χ4n) is 4.82. The van der Waals surface area contributed by atoms with Gasteiger partial charge in [-0.25, -0.2) is 4.39 Å². The van der Waals surface area contributed by atoms with Crippen LogP contribution >= 0.6 is 0 Å². The molecule has 2 aliphatic heterocycles. The molecule has 168 valence electrons. The molecule has 6 nitrogen and oxygen atoms in total. The average molecular weight is 430 g/mol. The van der Waals surface area contributed by atoms with E-state index in [1.54, 1.807) is 12.1 Å². The van der Waals surface area contributed by atoms with E-state index in [1.165, 1.54) is 13.2 Å². The molecular weight excluding hydrogens is 397 g/mol. The second kappa shape index (κ2) is 10.1. The minimum Gasteiger partial charge on any atom is -0.497 e. The molecule has 3 rings (SSSR count). The van der Waals surface area contributed by atoms with E-state index in [2.05, 4.69) is 18.5 Å². The predicted octanol–water partition coefficient (Wildman–Crippen LogP) is 3.04. The van der Waals surface area contributed by atoms with Crippen molar-refractivity contribution in [3.63, 3.8) is 0 Å². The van der Waals surface area contributed by atoms with Gasteiger partial charge >= 0.3 is 0 Å². The van der Waals surface area contributed by atoms with Crippen LogP contribution in [0.4, 0.5) is 4.39 Å². The van der Waals surface area contributed by atoms with Gasteiger partial charge in [-0.1, -0.05) is 18.2 Å². The number of halogens is 1. The zero-order valence-electron chi connectivity index (χ0n) is 18.2. The molecule has 1 aromatic rings. The van der Waals surface area contributed by atoms with Crippen molar-refractivity contribution in [2.75, 3.05) is 26.7 Å². The van der Waals surface area contributed by atoms with Crippen LogP contribution in [0, 0.1) is 5.82 Å². The van der Waals surface area contributed by atoms with Crippen molar-refractivity contribution in [3.05, 3.63) is 54.9 Å². The number of carbonyl (C=O) groups is 2. The number of hydrogen-bond acceptors (Lipinski definition) is 4. The van der Waals surface area contributed by atoms with Crippen LogP contribution in [0.25, 0.3) is 0 Å². The first-order chi connectivity index (χ1) is 14.9. The topological polar surface area (TPSA) is 61.9 Å². The van der Waals surface area contributed by atoms with Gasteiger partial charge in [0.25, 0.3) is 0 Å². The third kappa shape index (κ3) is 4.98. The maximum Gasteiger partial charge on any atom is 0.237 e. The number of likely N-dealkylation sites (tertiary alicyclic amines) is 1. The molecule has 0 radical (unpaired) electrons. The van der Waals surface area contributed by atoms with E-state index in [9.17, 15) is 14.0 Å². The molecule has 0 spiro atoms. The largest absolute Gasteiger partial charge is 0.497 e. The molecule has 31 heavy (non-hydrogen) atoms. The lowest BCUT2D eigenvalue weighted by Crippen LogP contribution is -2.57. The molecule has 1 unspecified atom stereocenters. The van der Waals surface area contributed by atoms with Gasteiger partial charge in [-0.2, -0.15) is 0 Å². The third-order valence-electron chi connectivity index (χ3n) is 6.39. The standard InChI is InChI=1S/C24H32FN3O3/c1-4-9-24(10-5-2)11-6-13-28(24)22(29)16-21-23(30)26-12-14-27(21)17-18-7-8-19(31-3)15-20(18)25/h4-5,7-8,15,21H,1-2,6,9-14,16-17H2,3H3,(H,26,30). The monoisotopic (exact) mass is 429 g/mol. The number of hydrogen-bond donors (Lipinski definition) is 1. The van der Waals surface area contributed by atoms with Crippen molar-refractivity contribution < 1.29 is 18.7 Å². The third-order valence-corrected chi connectivity index (χ3v) is 6.39. The molecule has 7 heteroatoms. The summed E-state index contributed by atoms with van der Waals surface area (Å²) in [6.07, 6.45) is 6.98. The Morgan fingerprint density at radius 3 is 2.71 bits per heavy atom. The molecule has 0 aromatic heterocycles. The minimum absolute atomic E-state index is 0.0524. The Labute approximate surface area is 183 Å². The van der Waals surface area contributed by atoms with Crippen molar-refractivity contribution in [1.29, 1.82) is 0 Å². The van der Waals surface area contributed by atoms with Crippen LogP contribution in [0.2, 0.25) is 0 Å². The summed E-state index contributed by atoms with van der Waals surface area (Å²) in [5.41, 5.74) is 0.167. The molecule has 0 bridgehead atoms. The highest BCUT2D eigenvalue weighted by atomic mass is 19.1. The average Bonchev–Trinajstić information content (AvgIpc) is 3.15. The van der Waals surface area contributed by atoms with Crippen molar-refractivity contribution in [3.8, 4) is 5.75 Å². The number of rotatable bonds is 9. The molecule has 2 aliphatic rings. The highest BCUT2D eigenvalue weighted by molar-refractivity contribution is 5.89. The maximum atomic E-state index is 14.5. The van der Waals surface area contributed by atoms with Crippen LogP contribution in [0.15, 0.2) is 43.5 Å². The van der Waals surface area contributed by atoms with E-state index < -0.39 is 6.04 Å². The molecule has 2 saturated heterocycles. The molecule has 2 fully saturated rings. The van der Waals surface area contributed by atoms with Crippen LogP contribution in [-0.4, -0.2) is 59.9 Å². The van der Waals surface area contributed by atoms with Gasteiger partial charge in [-0.15, -0.1) is 13.2 Å². The number of piperazine rings is 1. The van der Waals surface area contributed by atoms with E-state index in [-0.39, 0.29) is 36.1 Å². The quantitative estimate of drug-likeness (QED) is 0.613. The Hall–Kier alpha value is -2.67. The van der Waals surface area contributed by atoms with Gasteiger partial charge in [0.05, 0.1) is 19.6 Å². The summed E-state index contributed by atoms with van der Waals surface area (Å²) in [5.74, 6) is -0.181. The smallest absolute Gasteiger partial charge is 0.237 e. The summed E-state index contributed by atoms with van der Waals surface area (Å²) < 4.78 is 19.6. The van der Waals surface area contributed by atoms with Crippen molar-refractivity contribution in [1.82, 2.24) is 15.1 Å². The maximum absolute atomic E-state index is 14.5. The lowest BCUT2D eigenvalue weighted by atomic mass is 9.87. The summed E-state index contributed by atoms with van der Waals surface area (Å²) in [6, 6.07) is 4.07. The lowest BCUT2D eigenvalue weighted by molar-refractivity contribution is -0.141. The summed E-state index contributed by atoms with van der Waals surface area (Å²) >= 11 is 0. The van der Waals surface area contributed by atoms with Crippen molar-refractivity contribution in [2.45, 2.75) is 50.2 Å². The van der Waals surface area contributed by atoms with Gasteiger partial charge in [0.2, 0.25) is 11.8 Å². The van der Waals surface area contributed by atoms with Gasteiger partial charge in [-0.05, 0) is 31.7 Å². The Morgan fingerprint density at radius 2 is 2.06 bits per heavy atom. The Bertz CT molecular complexity index is 831. The fraction of sp³-hybridized carbons (Fsp3) is 0.500. The molecule has 0 saturated carbocycles. The molecule has 2 heterocycles. The van der Waals surface area contributed by atoms with Gasteiger partial charge < -0.3 is 15.0 Å². The van der Waals surface area contributed by atoms with E-state index >= 15 is 0 Å². The van der Waals surface area contributed by atoms with E-state index in [4.69, 9.17) is 4.74 Å². The number of benzene rings is 1. The Balaban J connectivity index is 1.77. The van der Waals surface area contributed by atoms with Gasteiger partial charge in [0.15, 0.2) is 0 Å². The number of nitrogens with zero attached hydrogens (tertiary/aromatic N) is 2. The minimum atomic E-state index is -0.631. The lowest BCUT2D eigenvalue weighted by Gasteiger charge is -2.40. The molecule has 1 atom stereocenters. The number of methoxy groups -OCH3 is 1.